The minimum atomic E-state index is 0.0372. The van der Waals surface area contributed by atoms with Gasteiger partial charge in [-0.2, -0.15) is 0 Å². The maximum Gasteiger partial charge on any atom is 0.0362 e. The second-order valence-electron chi connectivity index (χ2n) is 5.68. The molecule has 2 nitrogen and oxygen atoms in total. The van der Waals surface area contributed by atoms with Crippen LogP contribution in [0.4, 0.5) is 0 Å². The van der Waals surface area contributed by atoms with Crippen LogP contribution in [-0.4, -0.2) is 10.7 Å². The zero-order valence-electron chi connectivity index (χ0n) is 11.2. The molecule has 0 aliphatic heterocycles. The summed E-state index contributed by atoms with van der Waals surface area (Å²) in [6.45, 7) is 12.7. The molecule has 88 valence electrons. The Labute approximate surface area is 98.6 Å². The van der Waals surface area contributed by atoms with E-state index < -0.39 is 0 Å². The summed E-state index contributed by atoms with van der Waals surface area (Å²) in [5.41, 5.74) is 4.11. The largest absolute Gasteiger partial charge is 0.305 e. The van der Waals surface area contributed by atoms with Crippen molar-refractivity contribution >= 4 is 5.71 Å². The second-order valence-corrected chi connectivity index (χ2v) is 5.68. The maximum absolute atomic E-state index is 7.96. The molecule has 0 radical (unpaired) electrons. The van der Waals surface area contributed by atoms with Crippen LogP contribution in [0.2, 0.25) is 0 Å². The van der Waals surface area contributed by atoms with E-state index in [1.165, 1.54) is 11.1 Å². The zero-order chi connectivity index (χ0) is 12.5. The molecular formula is C14H22N2. The Morgan fingerprint density at radius 2 is 1.81 bits per heavy atom. The Balaban J connectivity index is 3.52. The standard InChI is InChI=1S/C14H22N2/c1-9(2)11-7-16-8-12(14(4,5)6)13(11)10(3)15/h7-9,15H,1-6H3. The van der Waals surface area contributed by atoms with Crippen LogP contribution in [0.3, 0.4) is 0 Å². The Bertz CT molecular complexity index is 398. The smallest absolute Gasteiger partial charge is 0.0362 e. The number of hydrogen-bond donors (Lipinski definition) is 1. The van der Waals surface area contributed by atoms with Crippen molar-refractivity contribution in [3.63, 3.8) is 0 Å². The number of pyridine rings is 1. The van der Waals surface area contributed by atoms with Gasteiger partial charge in [0.2, 0.25) is 0 Å². The molecule has 0 saturated carbocycles. The van der Waals surface area contributed by atoms with Gasteiger partial charge in [0.05, 0.1) is 0 Å². The van der Waals surface area contributed by atoms with Crippen LogP contribution in [0.5, 0.6) is 0 Å². The summed E-state index contributed by atoms with van der Waals surface area (Å²) in [4.78, 5) is 4.32. The fourth-order valence-electron chi connectivity index (χ4n) is 1.90. The SMILES string of the molecule is CC(=N)c1c(C(C)C)cncc1C(C)(C)C. The van der Waals surface area contributed by atoms with Crippen LogP contribution < -0.4 is 0 Å². The molecule has 16 heavy (non-hydrogen) atoms. The van der Waals surface area contributed by atoms with Crippen molar-refractivity contribution in [1.29, 1.82) is 5.41 Å². The van der Waals surface area contributed by atoms with Crippen LogP contribution in [-0.2, 0) is 5.41 Å². The van der Waals surface area contributed by atoms with Gasteiger partial charge in [-0.25, -0.2) is 0 Å². The topological polar surface area (TPSA) is 36.7 Å². The van der Waals surface area contributed by atoms with Crippen LogP contribution in [0.25, 0.3) is 0 Å². The van der Waals surface area contributed by atoms with Gasteiger partial charge < -0.3 is 5.41 Å². The van der Waals surface area contributed by atoms with Gasteiger partial charge in [0.1, 0.15) is 0 Å². The molecule has 0 aromatic carbocycles. The Kier molecular flexibility index (Phi) is 3.51. The third-order valence-corrected chi connectivity index (χ3v) is 2.78. The lowest BCUT2D eigenvalue weighted by Crippen LogP contribution is -2.18. The number of rotatable bonds is 2. The van der Waals surface area contributed by atoms with Gasteiger partial charge in [-0.1, -0.05) is 34.6 Å². The van der Waals surface area contributed by atoms with Gasteiger partial charge in [-0.05, 0) is 29.4 Å². The van der Waals surface area contributed by atoms with Crippen LogP contribution in [0.15, 0.2) is 12.4 Å². The molecule has 0 bridgehead atoms. The van der Waals surface area contributed by atoms with Gasteiger partial charge in [0.25, 0.3) is 0 Å². The molecule has 0 unspecified atom stereocenters. The molecule has 0 spiro atoms. The molecule has 1 rings (SSSR count). The summed E-state index contributed by atoms with van der Waals surface area (Å²) in [5, 5.41) is 7.96. The molecule has 1 aromatic rings. The number of nitrogens with one attached hydrogen (secondary N) is 1. The highest BCUT2D eigenvalue weighted by Gasteiger charge is 2.22. The Morgan fingerprint density at radius 1 is 1.25 bits per heavy atom. The first-order valence-corrected chi connectivity index (χ1v) is 5.79. The van der Waals surface area contributed by atoms with Crippen LogP contribution in [0.1, 0.15) is 64.2 Å². The third kappa shape index (κ3) is 2.49. The van der Waals surface area contributed by atoms with Crippen LogP contribution in [0, 0.1) is 5.41 Å². The van der Waals surface area contributed by atoms with E-state index in [-0.39, 0.29) is 5.41 Å². The molecule has 1 aromatic heterocycles. The van der Waals surface area contributed by atoms with Crippen molar-refractivity contribution in [2.24, 2.45) is 0 Å². The summed E-state index contributed by atoms with van der Waals surface area (Å²) in [6, 6.07) is 0. The van der Waals surface area contributed by atoms with Crippen LogP contribution >= 0.6 is 0 Å². The van der Waals surface area contributed by atoms with E-state index in [1.54, 1.807) is 0 Å². The highest BCUT2D eigenvalue weighted by atomic mass is 14.6. The zero-order valence-corrected chi connectivity index (χ0v) is 11.2. The summed E-state index contributed by atoms with van der Waals surface area (Å²) in [5.74, 6) is 0.407. The van der Waals surface area contributed by atoms with Crippen molar-refractivity contribution in [2.75, 3.05) is 0 Å². The summed E-state index contributed by atoms with van der Waals surface area (Å²) < 4.78 is 0. The molecular weight excluding hydrogens is 196 g/mol. The lowest BCUT2D eigenvalue weighted by molar-refractivity contribution is 0.583. The Morgan fingerprint density at radius 3 is 2.19 bits per heavy atom. The highest BCUT2D eigenvalue weighted by molar-refractivity contribution is 5.99. The van der Waals surface area contributed by atoms with Gasteiger partial charge >= 0.3 is 0 Å². The summed E-state index contributed by atoms with van der Waals surface area (Å²) in [7, 11) is 0. The van der Waals surface area contributed by atoms with Gasteiger partial charge in [0, 0.05) is 23.7 Å². The van der Waals surface area contributed by atoms with E-state index in [2.05, 4.69) is 39.6 Å². The van der Waals surface area contributed by atoms with Crippen molar-refractivity contribution in [1.82, 2.24) is 4.98 Å². The molecule has 1 heterocycles. The lowest BCUT2D eigenvalue weighted by Gasteiger charge is -2.25. The first kappa shape index (κ1) is 12.9. The minimum Gasteiger partial charge on any atom is -0.305 e. The average molecular weight is 218 g/mol. The van der Waals surface area contributed by atoms with E-state index in [9.17, 15) is 0 Å². The molecule has 0 atom stereocenters. The van der Waals surface area contributed by atoms with E-state index in [0.29, 0.717) is 11.6 Å². The fraction of sp³-hybridized carbons (Fsp3) is 0.571. The molecule has 0 aliphatic carbocycles. The maximum atomic E-state index is 7.96. The molecule has 0 saturated heterocycles. The monoisotopic (exact) mass is 218 g/mol. The van der Waals surface area contributed by atoms with E-state index in [4.69, 9.17) is 5.41 Å². The highest BCUT2D eigenvalue weighted by Crippen LogP contribution is 2.30. The first-order chi connectivity index (χ1) is 7.25. The average Bonchev–Trinajstić information content (AvgIpc) is 2.14. The molecule has 0 amide bonds. The minimum absolute atomic E-state index is 0.0372. The lowest BCUT2D eigenvalue weighted by atomic mass is 9.81. The van der Waals surface area contributed by atoms with Crippen molar-refractivity contribution < 1.29 is 0 Å². The Hall–Kier alpha value is -1.18. The number of hydrogen-bond acceptors (Lipinski definition) is 2. The molecule has 0 aliphatic rings. The van der Waals surface area contributed by atoms with E-state index in [1.807, 2.05) is 19.3 Å². The first-order valence-electron chi connectivity index (χ1n) is 5.79. The summed E-state index contributed by atoms with van der Waals surface area (Å²) >= 11 is 0. The second kappa shape index (κ2) is 4.36. The van der Waals surface area contributed by atoms with Gasteiger partial charge in [-0.15, -0.1) is 0 Å². The molecule has 1 N–H and O–H groups in total. The predicted molar refractivity (Wildman–Crippen MR) is 69.5 cm³/mol. The van der Waals surface area contributed by atoms with Crippen molar-refractivity contribution in [3.8, 4) is 0 Å². The molecule has 2 heteroatoms. The van der Waals surface area contributed by atoms with Crippen molar-refractivity contribution in [2.45, 2.75) is 52.9 Å². The fourth-order valence-corrected chi connectivity index (χ4v) is 1.90. The third-order valence-electron chi connectivity index (χ3n) is 2.78. The van der Waals surface area contributed by atoms with E-state index in [0.717, 1.165) is 5.56 Å². The number of aromatic nitrogens is 1. The molecule has 0 fully saturated rings. The predicted octanol–water partition coefficient (Wildman–Crippen LogP) is 3.89. The van der Waals surface area contributed by atoms with E-state index >= 15 is 0 Å². The quantitative estimate of drug-likeness (QED) is 0.751. The van der Waals surface area contributed by atoms with Crippen molar-refractivity contribution in [3.05, 3.63) is 29.1 Å². The van der Waals surface area contributed by atoms with Gasteiger partial charge in [0.15, 0.2) is 0 Å². The summed E-state index contributed by atoms with van der Waals surface area (Å²) in [6.07, 6.45) is 3.80. The van der Waals surface area contributed by atoms with Gasteiger partial charge in [-0.3, -0.25) is 4.98 Å². The normalized spacial score (nSPS) is 11.9. The number of nitrogens with zero attached hydrogens (tertiary/aromatic N) is 1.